The fourth-order valence-corrected chi connectivity index (χ4v) is 2.95. The van der Waals surface area contributed by atoms with Crippen molar-refractivity contribution in [2.45, 2.75) is 0 Å². The van der Waals surface area contributed by atoms with Gasteiger partial charge in [-0.05, 0) is 41.0 Å². The van der Waals surface area contributed by atoms with E-state index in [1.165, 1.54) is 12.1 Å². The number of hydrogen-bond donors (Lipinski definition) is 0. The Labute approximate surface area is 159 Å². The number of rotatable bonds is 4. The minimum atomic E-state index is -0.510. The molecule has 0 spiro atoms. The van der Waals surface area contributed by atoms with Gasteiger partial charge in [-0.1, -0.05) is 54.1 Å². The molecule has 5 nitrogen and oxygen atoms in total. The van der Waals surface area contributed by atoms with Crippen LogP contribution >= 0.6 is 11.6 Å². The van der Waals surface area contributed by atoms with Crippen LogP contribution in [-0.4, -0.2) is 9.91 Å². The van der Waals surface area contributed by atoms with Crippen LogP contribution in [0.3, 0.4) is 0 Å². The Balaban J connectivity index is 1.64. The summed E-state index contributed by atoms with van der Waals surface area (Å²) in [6, 6.07) is 20.5. The number of nitro groups is 1. The van der Waals surface area contributed by atoms with Crippen LogP contribution < -0.4 is 0 Å². The van der Waals surface area contributed by atoms with Crippen LogP contribution in [0.2, 0.25) is 5.02 Å². The van der Waals surface area contributed by atoms with Crippen molar-refractivity contribution in [2.24, 2.45) is 0 Å². The van der Waals surface area contributed by atoms with Gasteiger partial charge in [0, 0.05) is 12.1 Å². The van der Waals surface area contributed by atoms with Crippen molar-refractivity contribution in [2.75, 3.05) is 0 Å². The second kappa shape index (κ2) is 7.05. The fourth-order valence-electron chi connectivity index (χ4n) is 2.77. The van der Waals surface area contributed by atoms with Crippen molar-refractivity contribution in [3.8, 4) is 11.1 Å². The molecule has 3 aromatic carbocycles. The van der Waals surface area contributed by atoms with E-state index in [9.17, 15) is 10.1 Å². The highest BCUT2D eigenvalue weighted by molar-refractivity contribution is 6.32. The quantitative estimate of drug-likeness (QED) is 0.313. The molecule has 27 heavy (non-hydrogen) atoms. The zero-order chi connectivity index (χ0) is 18.8. The highest BCUT2D eigenvalue weighted by atomic mass is 35.5. The summed E-state index contributed by atoms with van der Waals surface area (Å²) in [5, 5.41) is 11.1. The molecular formula is C21H13ClN2O3. The molecule has 1 aromatic heterocycles. The van der Waals surface area contributed by atoms with E-state index in [1.807, 2.05) is 48.5 Å². The minimum Gasteiger partial charge on any atom is -0.437 e. The van der Waals surface area contributed by atoms with Gasteiger partial charge < -0.3 is 4.42 Å². The Morgan fingerprint density at radius 2 is 1.78 bits per heavy atom. The van der Waals surface area contributed by atoms with Crippen LogP contribution in [0.4, 0.5) is 5.69 Å². The van der Waals surface area contributed by atoms with Gasteiger partial charge in [-0.25, -0.2) is 4.98 Å². The molecule has 1 heterocycles. The van der Waals surface area contributed by atoms with Crippen molar-refractivity contribution < 1.29 is 9.34 Å². The largest absolute Gasteiger partial charge is 0.437 e. The van der Waals surface area contributed by atoms with Crippen molar-refractivity contribution >= 4 is 40.5 Å². The summed E-state index contributed by atoms with van der Waals surface area (Å²) in [5.74, 6) is 0.424. The third-order valence-electron chi connectivity index (χ3n) is 4.10. The van der Waals surface area contributed by atoms with E-state index in [0.717, 1.165) is 16.6 Å². The zero-order valence-electron chi connectivity index (χ0n) is 14.0. The maximum absolute atomic E-state index is 11.0. The number of nitro benzene ring substituents is 1. The third kappa shape index (κ3) is 3.59. The molecule has 4 rings (SSSR count). The molecule has 0 aliphatic carbocycles. The predicted octanol–water partition coefficient (Wildman–Crippen LogP) is 6.23. The molecular weight excluding hydrogens is 364 g/mol. The molecule has 0 saturated carbocycles. The number of oxazole rings is 1. The Morgan fingerprint density at radius 1 is 0.963 bits per heavy atom. The summed E-state index contributed by atoms with van der Waals surface area (Å²) in [7, 11) is 0. The first-order chi connectivity index (χ1) is 13.1. The number of nitrogens with zero attached hydrogens (tertiary/aromatic N) is 2. The molecule has 0 fully saturated rings. The van der Waals surface area contributed by atoms with Gasteiger partial charge in [-0.3, -0.25) is 10.1 Å². The normalized spacial score (nSPS) is 11.3. The van der Waals surface area contributed by atoms with Gasteiger partial charge >= 0.3 is 0 Å². The van der Waals surface area contributed by atoms with Gasteiger partial charge in [0.2, 0.25) is 5.89 Å². The summed E-state index contributed by atoms with van der Waals surface area (Å²) in [4.78, 5) is 14.9. The Morgan fingerprint density at radius 3 is 2.56 bits per heavy atom. The molecule has 0 bridgehead atoms. The van der Waals surface area contributed by atoms with Crippen molar-refractivity contribution in [3.05, 3.63) is 93.3 Å². The molecule has 0 radical (unpaired) electrons. The monoisotopic (exact) mass is 376 g/mol. The number of aromatic nitrogens is 1. The lowest BCUT2D eigenvalue weighted by Crippen LogP contribution is -1.89. The van der Waals surface area contributed by atoms with Gasteiger partial charge in [0.15, 0.2) is 5.58 Å². The second-order valence-electron chi connectivity index (χ2n) is 5.90. The summed E-state index contributed by atoms with van der Waals surface area (Å²) < 4.78 is 5.72. The highest BCUT2D eigenvalue weighted by Crippen LogP contribution is 2.27. The maximum Gasteiger partial charge on any atom is 0.288 e. The summed E-state index contributed by atoms with van der Waals surface area (Å²) in [6.45, 7) is 0. The summed E-state index contributed by atoms with van der Waals surface area (Å²) in [5.41, 5.74) is 4.09. The van der Waals surface area contributed by atoms with E-state index < -0.39 is 4.92 Å². The minimum absolute atomic E-state index is 0.104. The van der Waals surface area contributed by atoms with Crippen LogP contribution in [0.25, 0.3) is 34.4 Å². The second-order valence-corrected chi connectivity index (χ2v) is 6.31. The average Bonchev–Trinajstić information content (AvgIpc) is 3.10. The number of benzene rings is 3. The molecule has 0 saturated heterocycles. The Hall–Kier alpha value is -3.44. The van der Waals surface area contributed by atoms with Crippen LogP contribution in [0.5, 0.6) is 0 Å². The van der Waals surface area contributed by atoms with E-state index in [2.05, 4.69) is 4.98 Å². The van der Waals surface area contributed by atoms with Crippen molar-refractivity contribution in [1.82, 2.24) is 4.98 Å². The molecule has 132 valence electrons. The summed E-state index contributed by atoms with van der Waals surface area (Å²) in [6.07, 6.45) is 3.38. The van der Waals surface area contributed by atoms with Crippen molar-refractivity contribution in [1.29, 1.82) is 0 Å². The standard InChI is InChI=1S/C21H13ClN2O3/c22-17-9-6-14(12-19(17)24(25)26)7-11-21-23-18-13-16(8-10-20(18)27-21)15-4-2-1-3-5-15/h1-13H/b11-7+. The van der Waals surface area contributed by atoms with Crippen molar-refractivity contribution in [3.63, 3.8) is 0 Å². The van der Waals surface area contributed by atoms with Crippen LogP contribution in [0.1, 0.15) is 11.5 Å². The SMILES string of the molecule is O=[N+]([O-])c1cc(/C=C/c2nc3cc(-c4ccccc4)ccc3o2)ccc1Cl. The fraction of sp³-hybridized carbons (Fsp3) is 0. The van der Waals surface area contributed by atoms with E-state index in [4.69, 9.17) is 16.0 Å². The van der Waals surface area contributed by atoms with Crippen LogP contribution in [0, 0.1) is 10.1 Å². The molecule has 0 aliphatic rings. The topological polar surface area (TPSA) is 69.2 Å². The highest BCUT2D eigenvalue weighted by Gasteiger charge is 2.12. The van der Waals surface area contributed by atoms with Crippen LogP contribution in [0.15, 0.2) is 71.1 Å². The van der Waals surface area contributed by atoms with Gasteiger partial charge in [-0.2, -0.15) is 0 Å². The van der Waals surface area contributed by atoms with Gasteiger partial charge in [0.05, 0.1) is 4.92 Å². The first-order valence-electron chi connectivity index (χ1n) is 8.18. The average molecular weight is 377 g/mol. The predicted molar refractivity (Wildman–Crippen MR) is 106 cm³/mol. The first-order valence-corrected chi connectivity index (χ1v) is 8.56. The first kappa shape index (κ1) is 17.0. The van der Waals surface area contributed by atoms with E-state index in [1.54, 1.807) is 18.2 Å². The Kier molecular flexibility index (Phi) is 4.44. The number of fused-ring (bicyclic) bond motifs is 1. The lowest BCUT2D eigenvalue weighted by molar-refractivity contribution is -0.384. The Bertz CT molecular complexity index is 1170. The van der Waals surface area contributed by atoms with E-state index in [-0.39, 0.29) is 10.7 Å². The lowest BCUT2D eigenvalue weighted by atomic mass is 10.1. The molecule has 4 aromatic rings. The summed E-state index contributed by atoms with van der Waals surface area (Å²) >= 11 is 5.83. The maximum atomic E-state index is 11.0. The van der Waals surface area contributed by atoms with Gasteiger partial charge in [0.25, 0.3) is 5.69 Å². The molecule has 0 atom stereocenters. The number of halogens is 1. The van der Waals surface area contributed by atoms with E-state index in [0.29, 0.717) is 17.0 Å². The molecule has 0 unspecified atom stereocenters. The van der Waals surface area contributed by atoms with E-state index >= 15 is 0 Å². The molecule has 6 heteroatoms. The molecule has 0 amide bonds. The number of hydrogen-bond acceptors (Lipinski definition) is 4. The lowest BCUT2D eigenvalue weighted by Gasteiger charge is -1.99. The smallest absolute Gasteiger partial charge is 0.288 e. The molecule has 0 aliphatic heterocycles. The van der Waals surface area contributed by atoms with Crippen LogP contribution in [-0.2, 0) is 0 Å². The van der Waals surface area contributed by atoms with Gasteiger partial charge in [0.1, 0.15) is 10.5 Å². The van der Waals surface area contributed by atoms with Gasteiger partial charge in [-0.15, -0.1) is 0 Å². The zero-order valence-corrected chi connectivity index (χ0v) is 14.8. The molecule has 0 N–H and O–H groups in total. The third-order valence-corrected chi connectivity index (χ3v) is 4.42.